The summed E-state index contributed by atoms with van der Waals surface area (Å²) in [4.78, 5) is 20.3. The third kappa shape index (κ3) is 3.54. The van der Waals surface area contributed by atoms with Crippen LogP contribution >= 0.6 is 0 Å². The Labute approximate surface area is 137 Å². The number of H-pyrrole nitrogens is 1. The number of carbonyl (C=O) groups is 1. The lowest BCUT2D eigenvalue weighted by atomic mass is 10.3. The summed E-state index contributed by atoms with van der Waals surface area (Å²) in [6.45, 7) is 1.74. The molecule has 3 aromatic rings. The third-order valence-electron chi connectivity index (χ3n) is 3.30. The molecular weight excluding hydrogens is 311 g/mol. The number of aromatic amines is 1. The number of carbonyl (C=O) groups excluding carboxylic acids is 1. The zero-order valence-corrected chi connectivity index (χ0v) is 12.8. The second-order valence-corrected chi connectivity index (χ2v) is 5.09. The van der Waals surface area contributed by atoms with Crippen LogP contribution in [0.4, 0.5) is 14.9 Å². The maximum atomic E-state index is 13.5. The van der Waals surface area contributed by atoms with E-state index in [1.54, 1.807) is 37.5 Å². The summed E-state index contributed by atoms with van der Waals surface area (Å²) >= 11 is 0. The fourth-order valence-electron chi connectivity index (χ4n) is 2.08. The Hall–Kier alpha value is -3.29. The van der Waals surface area contributed by atoms with Gasteiger partial charge in [-0.25, -0.2) is 14.2 Å². The minimum absolute atomic E-state index is 0.107. The molecule has 8 heteroatoms. The minimum Gasteiger partial charge on any atom is -0.328 e. The number of halogens is 1. The van der Waals surface area contributed by atoms with Gasteiger partial charge in [0.05, 0.1) is 11.7 Å². The lowest BCUT2D eigenvalue weighted by Gasteiger charge is -2.12. The summed E-state index contributed by atoms with van der Waals surface area (Å²) in [6, 6.07) is 8.60. The fraction of sp³-hybridized carbons (Fsp3) is 0.125. The molecule has 0 saturated carbocycles. The Morgan fingerprint density at radius 2 is 2.08 bits per heavy atom. The molecule has 7 nitrogen and oxygen atoms in total. The summed E-state index contributed by atoms with van der Waals surface area (Å²) in [5.41, 5.74) is 0.874. The van der Waals surface area contributed by atoms with Gasteiger partial charge in [0.1, 0.15) is 11.6 Å². The van der Waals surface area contributed by atoms with Crippen molar-refractivity contribution in [1.82, 2.24) is 25.5 Å². The first-order chi connectivity index (χ1) is 11.6. The maximum absolute atomic E-state index is 13.5. The molecule has 2 aromatic heterocycles. The number of nitrogens with one attached hydrogen (secondary N) is 3. The number of amides is 2. The van der Waals surface area contributed by atoms with Gasteiger partial charge in [-0.15, -0.1) is 0 Å². The van der Waals surface area contributed by atoms with Crippen molar-refractivity contribution in [3.8, 4) is 11.4 Å². The standard InChI is InChI=1S/C16H15FN6O/c1-10(19-16(24)20-13-7-3-2-6-12(13)17)14-21-15(23-22-14)11-5-4-8-18-9-11/h2-10H,1H3,(H2,19,20,24)(H,21,22,23)/t10-/m1/s1. The zero-order valence-electron chi connectivity index (χ0n) is 12.8. The molecule has 24 heavy (non-hydrogen) atoms. The van der Waals surface area contributed by atoms with Crippen molar-refractivity contribution in [2.45, 2.75) is 13.0 Å². The van der Waals surface area contributed by atoms with E-state index >= 15 is 0 Å². The first-order valence-electron chi connectivity index (χ1n) is 7.28. The Kier molecular flexibility index (Phi) is 4.46. The highest BCUT2D eigenvalue weighted by Gasteiger charge is 2.15. The van der Waals surface area contributed by atoms with Crippen LogP contribution in [-0.2, 0) is 0 Å². The van der Waals surface area contributed by atoms with Gasteiger partial charge >= 0.3 is 6.03 Å². The van der Waals surface area contributed by atoms with Crippen LogP contribution in [0.1, 0.15) is 18.8 Å². The Morgan fingerprint density at radius 3 is 2.83 bits per heavy atom. The molecule has 3 N–H and O–H groups in total. The molecule has 0 bridgehead atoms. The van der Waals surface area contributed by atoms with Crippen LogP contribution in [0, 0.1) is 5.82 Å². The fourth-order valence-corrected chi connectivity index (χ4v) is 2.08. The van der Waals surface area contributed by atoms with Crippen molar-refractivity contribution in [2.24, 2.45) is 0 Å². The molecule has 0 radical (unpaired) electrons. The average Bonchev–Trinajstić information content (AvgIpc) is 3.08. The molecule has 3 rings (SSSR count). The molecule has 0 aliphatic heterocycles. The van der Waals surface area contributed by atoms with Gasteiger partial charge in [-0.05, 0) is 31.2 Å². The number of pyridine rings is 1. The van der Waals surface area contributed by atoms with Gasteiger partial charge in [0.25, 0.3) is 0 Å². The third-order valence-corrected chi connectivity index (χ3v) is 3.30. The predicted molar refractivity (Wildman–Crippen MR) is 86.6 cm³/mol. The SMILES string of the molecule is C[C@@H](NC(=O)Nc1ccccc1F)c1nc(-c2cccnc2)n[nH]1. The van der Waals surface area contributed by atoms with Crippen LogP contribution in [0.5, 0.6) is 0 Å². The highest BCUT2D eigenvalue weighted by Crippen LogP contribution is 2.16. The topological polar surface area (TPSA) is 95.6 Å². The van der Waals surface area contributed by atoms with Crippen molar-refractivity contribution in [3.63, 3.8) is 0 Å². The lowest BCUT2D eigenvalue weighted by molar-refractivity contribution is 0.249. The summed E-state index contributed by atoms with van der Waals surface area (Å²) in [6.07, 6.45) is 3.31. The monoisotopic (exact) mass is 326 g/mol. The van der Waals surface area contributed by atoms with E-state index in [1.807, 2.05) is 6.07 Å². The van der Waals surface area contributed by atoms with Crippen LogP contribution in [0.3, 0.4) is 0 Å². The number of para-hydroxylation sites is 1. The zero-order chi connectivity index (χ0) is 16.9. The maximum Gasteiger partial charge on any atom is 0.319 e. The molecule has 0 spiro atoms. The molecule has 0 unspecified atom stereocenters. The van der Waals surface area contributed by atoms with Gasteiger partial charge in [-0.2, -0.15) is 5.10 Å². The molecule has 1 aromatic carbocycles. The number of anilines is 1. The van der Waals surface area contributed by atoms with Crippen LogP contribution in [-0.4, -0.2) is 26.2 Å². The molecule has 0 saturated heterocycles. The van der Waals surface area contributed by atoms with Crippen molar-refractivity contribution < 1.29 is 9.18 Å². The van der Waals surface area contributed by atoms with E-state index in [0.717, 1.165) is 5.56 Å². The molecule has 2 heterocycles. The highest BCUT2D eigenvalue weighted by molar-refractivity contribution is 5.89. The van der Waals surface area contributed by atoms with Gasteiger partial charge in [-0.1, -0.05) is 12.1 Å². The van der Waals surface area contributed by atoms with Crippen molar-refractivity contribution in [2.75, 3.05) is 5.32 Å². The second kappa shape index (κ2) is 6.86. The largest absolute Gasteiger partial charge is 0.328 e. The number of hydrogen-bond acceptors (Lipinski definition) is 4. The average molecular weight is 326 g/mol. The number of hydrogen-bond donors (Lipinski definition) is 3. The van der Waals surface area contributed by atoms with Gasteiger partial charge in [-0.3, -0.25) is 10.1 Å². The van der Waals surface area contributed by atoms with E-state index in [4.69, 9.17) is 0 Å². The first-order valence-corrected chi connectivity index (χ1v) is 7.28. The van der Waals surface area contributed by atoms with Crippen molar-refractivity contribution in [3.05, 3.63) is 60.4 Å². The summed E-state index contributed by atoms with van der Waals surface area (Å²) in [7, 11) is 0. The van der Waals surface area contributed by atoms with Gasteiger partial charge in [0.15, 0.2) is 5.82 Å². The Morgan fingerprint density at radius 1 is 1.25 bits per heavy atom. The van der Waals surface area contributed by atoms with Crippen molar-refractivity contribution >= 4 is 11.7 Å². The molecule has 0 aliphatic rings. The van der Waals surface area contributed by atoms with E-state index in [9.17, 15) is 9.18 Å². The smallest absolute Gasteiger partial charge is 0.319 e. The number of rotatable bonds is 4. The lowest BCUT2D eigenvalue weighted by Crippen LogP contribution is -2.32. The van der Waals surface area contributed by atoms with Crippen LogP contribution in [0.25, 0.3) is 11.4 Å². The molecular formula is C16H15FN6O. The summed E-state index contributed by atoms with van der Waals surface area (Å²) < 4.78 is 13.5. The summed E-state index contributed by atoms with van der Waals surface area (Å²) in [5.74, 6) is 0.470. The van der Waals surface area contributed by atoms with E-state index in [0.29, 0.717) is 11.6 Å². The Bertz CT molecular complexity index is 835. The normalized spacial score (nSPS) is 11.8. The van der Waals surface area contributed by atoms with Crippen molar-refractivity contribution in [1.29, 1.82) is 0 Å². The quantitative estimate of drug-likeness (QED) is 0.687. The molecule has 0 fully saturated rings. The second-order valence-electron chi connectivity index (χ2n) is 5.09. The van der Waals surface area contributed by atoms with E-state index in [2.05, 4.69) is 30.8 Å². The van der Waals surface area contributed by atoms with Crippen LogP contribution in [0.15, 0.2) is 48.8 Å². The van der Waals surface area contributed by atoms with E-state index < -0.39 is 17.9 Å². The van der Waals surface area contributed by atoms with Crippen LogP contribution < -0.4 is 10.6 Å². The van der Waals surface area contributed by atoms with Gasteiger partial charge < -0.3 is 10.6 Å². The van der Waals surface area contributed by atoms with Crippen LogP contribution in [0.2, 0.25) is 0 Å². The number of benzene rings is 1. The van der Waals surface area contributed by atoms with Gasteiger partial charge in [0.2, 0.25) is 0 Å². The predicted octanol–water partition coefficient (Wildman–Crippen LogP) is 2.89. The highest BCUT2D eigenvalue weighted by atomic mass is 19.1. The number of nitrogens with zero attached hydrogens (tertiary/aromatic N) is 3. The minimum atomic E-state index is -0.535. The molecule has 1 atom stereocenters. The van der Waals surface area contributed by atoms with E-state index in [1.165, 1.54) is 12.1 Å². The first kappa shape index (κ1) is 15.6. The molecule has 0 aliphatic carbocycles. The number of aromatic nitrogens is 4. The Balaban J connectivity index is 1.65. The molecule has 122 valence electrons. The number of urea groups is 1. The van der Waals surface area contributed by atoms with E-state index in [-0.39, 0.29) is 5.69 Å². The molecule has 2 amide bonds. The summed E-state index contributed by atoms with van der Waals surface area (Å²) in [5, 5.41) is 12.0. The van der Waals surface area contributed by atoms with Gasteiger partial charge in [0, 0.05) is 18.0 Å².